The molecule has 0 saturated heterocycles. The van der Waals surface area contributed by atoms with Crippen LogP contribution in [0.25, 0.3) is 0 Å². The van der Waals surface area contributed by atoms with Gasteiger partial charge in [0.2, 0.25) is 0 Å². The average molecular weight is 211 g/mol. The van der Waals surface area contributed by atoms with Crippen molar-refractivity contribution in [2.45, 2.75) is 6.92 Å². The molecule has 0 radical (unpaired) electrons. The summed E-state index contributed by atoms with van der Waals surface area (Å²) in [6.45, 7) is 2.29. The Balaban J connectivity index is 2.97. The Morgan fingerprint density at radius 1 is 1.47 bits per heavy atom. The third-order valence-corrected chi connectivity index (χ3v) is 1.89. The van der Waals surface area contributed by atoms with E-state index in [9.17, 15) is 9.18 Å². The minimum Gasteiger partial charge on any atom is -0.494 e. The van der Waals surface area contributed by atoms with Crippen molar-refractivity contribution in [1.29, 1.82) is 0 Å². The van der Waals surface area contributed by atoms with E-state index in [1.54, 1.807) is 20.2 Å². The Labute approximate surface area is 88.5 Å². The van der Waals surface area contributed by atoms with Gasteiger partial charge < -0.3 is 9.64 Å². The second-order valence-corrected chi connectivity index (χ2v) is 3.27. The van der Waals surface area contributed by atoms with Crippen molar-refractivity contribution in [1.82, 2.24) is 4.90 Å². The monoisotopic (exact) mass is 211 g/mol. The van der Waals surface area contributed by atoms with Crippen LogP contribution in [0, 0.1) is 5.82 Å². The van der Waals surface area contributed by atoms with Gasteiger partial charge in [0, 0.05) is 20.2 Å². The molecule has 0 aliphatic carbocycles. The molecule has 15 heavy (non-hydrogen) atoms. The number of hydrogen-bond donors (Lipinski definition) is 0. The number of ether oxygens (including phenoxy) is 1. The highest BCUT2D eigenvalue weighted by molar-refractivity contribution is 5.94. The SMILES string of the molecule is CCOc1ccc(C(=O)N(C)C)c(F)c1. The molecular formula is C11H14FNO2. The minimum atomic E-state index is -0.556. The number of halogens is 1. The van der Waals surface area contributed by atoms with E-state index in [2.05, 4.69) is 0 Å². The standard InChI is InChI=1S/C11H14FNO2/c1-4-15-8-5-6-9(10(12)7-8)11(14)13(2)3/h5-7H,4H2,1-3H3. The van der Waals surface area contributed by atoms with Gasteiger partial charge in [-0.15, -0.1) is 0 Å². The molecule has 1 aromatic carbocycles. The molecule has 0 atom stereocenters. The summed E-state index contributed by atoms with van der Waals surface area (Å²) in [5, 5.41) is 0. The van der Waals surface area contributed by atoms with E-state index < -0.39 is 5.82 Å². The van der Waals surface area contributed by atoms with Crippen molar-refractivity contribution in [3.05, 3.63) is 29.6 Å². The second-order valence-electron chi connectivity index (χ2n) is 3.27. The minimum absolute atomic E-state index is 0.0588. The zero-order valence-corrected chi connectivity index (χ0v) is 9.08. The Morgan fingerprint density at radius 2 is 2.13 bits per heavy atom. The highest BCUT2D eigenvalue weighted by atomic mass is 19.1. The number of carbonyl (C=O) groups excluding carboxylic acids is 1. The molecule has 0 heterocycles. The molecule has 0 aliphatic rings. The molecule has 1 aromatic rings. The third kappa shape index (κ3) is 2.68. The Hall–Kier alpha value is -1.58. The van der Waals surface area contributed by atoms with E-state index in [1.807, 2.05) is 6.92 Å². The van der Waals surface area contributed by atoms with E-state index in [4.69, 9.17) is 4.74 Å². The van der Waals surface area contributed by atoms with Crippen LogP contribution in [0.15, 0.2) is 18.2 Å². The van der Waals surface area contributed by atoms with Gasteiger partial charge in [-0.05, 0) is 19.1 Å². The van der Waals surface area contributed by atoms with Crippen molar-refractivity contribution in [3.8, 4) is 5.75 Å². The number of amides is 1. The zero-order chi connectivity index (χ0) is 11.4. The topological polar surface area (TPSA) is 29.5 Å². The van der Waals surface area contributed by atoms with Crippen molar-refractivity contribution < 1.29 is 13.9 Å². The fourth-order valence-corrected chi connectivity index (χ4v) is 1.17. The number of nitrogens with zero attached hydrogens (tertiary/aromatic N) is 1. The molecule has 1 amide bonds. The molecule has 0 saturated carbocycles. The maximum atomic E-state index is 13.5. The average Bonchev–Trinajstić information content (AvgIpc) is 2.17. The predicted octanol–water partition coefficient (Wildman–Crippen LogP) is 1.93. The van der Waals surface area contributed by atoms with Crippen molar-refractivity contribution in [2.24, 2.45) is 0 Å². The van der Waals surface area contributed by atoms with E-state index in [0.29, 0.717) is 12.4 Å². The second kappa shape index (κ2) is 4.77. The van der Waals surface area contributed by atoms with Crippen molar-refractivity contribution >= 4 is 5.91 Å². The quantitative estimate of drug-likeness (QED) is 0.764. The summed E-state index contributed by atoms with van der Waals surface area (Å²) >= 11 is 0. The van der Waals surface area contributed by atoms with Crippen LogP contribution in [0.4, 0.5) is 4.39 Å². The van der Waals surface area contributed by atoms with Gasteiger partial charge in [0.15, 0.2) is 0 Å². The fourth-order valence-electron chi connectivity index (χ4n) is 1.17. The lowest BCUT2D eigenvalue weighted by molar-refractivity contribution is 0.0823. The summed E-state index contributed by atoms with van der Waals surface area (Å²) in [7, 11) is 3.16. The van der Waals surface area contributed by atoms with Gasteiger partial charge in [0.25, 0.3) is 5.91 Å². The van der Waals surface area contributed by atoms with Gasteiger partial charge >= 0.3 is 0 Å². The number of carbonyl (C=O) groups is 1. The van der Waals surface area contributed by atoms with Gasteiger partial charge in [-0.3, -0.25) is 4.79 Å². The highest BCUT2D eigenvalue weighted by Gasteiger charge is 2.13. The largest absolute Gasteiger partial charge is 0.494 e. The van der Waals surface area contributed by atoms with E-state index in [1.165, 1.54) is 17.0 Å². The van der Waals surface area contributed by atoms with Crippen LogP contribution in [0.5, 0.6) is 5.75 Å². The lowest BCUT2D eigenvalue weighted by atomic mass is 10.2. The van der Waals surface area contributed by atoms with E-state index >= 15 is 0 Å². The summed E-state index contributed by atoms with van der Waals surface area (Å²) in [4.78, 5) is 12.8. The molecule has 0 fully saturated rings. The predicted molar refractivity (Wildman–Crippen MR) is 55.6 cm³/mol. The van der Waals surface area contributed by atoms with Gasteiger partial charge in [-0.1, -0.05) is 0 Å². The lowest BCUT2D eigenvalue weighted by Crippen LogP contribution is -2.22. The Kier molecular flexibility index (Phi) is 3.66. The third-order valence-electron chi connectivity index (χ3n) is 1.89. The summed E-state index contributed by atoms with van der Waals surface area (Å²) in [6.07, 6.45) is 0. The van der Waals surface area contributed by atoms with Crippen molar-refractivity contribution in [2.75, 3.05) is 20.7 Å². The molecule has 0 N–H and O–H groups in total. The highest BCUT2D eigenvalue weighted by Crippen LogP contribution is 2.17. The molecule has 4 heteroatoms. The van der Waals surface area contributed by atoms with Gasteiger partial charge in [0.1, 0.15) is 11.6 Å². The smallest absolute Gasteiger partial charge is 0.256 e. The van der Waals surface area contributed by atoms with Crippen LogP contribution in [0.1, 0.15) is 17.3 Å². The van der Waals surface area contributed by atoms with E-state index in [0.717, 1.165) is 0 Å². The zero-order valence-electron chi connectivity index (χ0n) is 9.08. The maximum Gasteiger partial charge on any atom is 0.256 e. The normalized spacial score (nSPS) is 9.87. The molecule has 0 spiro atoms. The summed E-state index contributed by atoms with van der Waals surface area (Å²) < 4.78 is 18.6. The van der Waals surface area contributed by atoms with Crippen LogP contribution < -0.4 is 4.74 Å². The molecule has 0 bridgehead atoms. The van der Waals surface area contributed by atoms with Crippen LogP contribution in [0.3, 0.4) is 0 Å². The van der Waals surface area contributed by atoms with Crippen LogP contribution in [0.2, 0.25) is 0 Å². The van der Waals surface area contributed by atoms with Gasteiger partial charge in [0.05, 0.1) is 12.2 Å². The molecule has 0 aromatic heterocycles. The maximum absolute atomic E-state index is 13.5. The first-order chi connectivity index (χ1) is 7.06. The molecule has 3 nitrogen and oxygen atoms in total. The fraction of sp³-hybridized carbons (Fsp3) is 0.364. The Bertz CT molecular complexity index is 364. The summed E-state index contributed by atoms with van der Waals surface area (Å²) in [6, 6.07) is 4.24. The Morgan fingerprint density at radius 3 is 2.60 bits per heavy atom. The molecule has 82 valence electrons. The molecule has 1 rings (SSSR count). The molecule has 0 aliphatic heterocycles. The van der Waals surface area contributed by atoms with Crippen LogP contribution in [-0.2, 0) is 0 Å². The number of rotatable bonds is 3. The molecule has 0 unspecified atom stereocenters. The van der Waals surface area contributed by atoms with Crippen molar-refractivity contribution in [3.63, 3.8) is 0 Å². The summed E-state index contributed by atoms with van der Waals surface area (Å²) in [5.41, 5.74) is 0.0588. The molecular weight excluding hydrogens is 197 g/mol. The lowest BCUT2D eigenvalue weighted by Gasteiger charge is -2.11. The van der Waals surface area contributed by atoms with Crippen LogP contribution in [-0.4, -0.2) is 31.5 Å². The number of hydrogen-bond acceptors (Lipinski definition) is 2. The first-order valence-corrected chi connectivity index (χ1v) is 4.70. The first-order valence-electron chi connectivity index (χ1n) is 4.70. The van der Waals surface area contributed by atoms with Gasteiger partial charge in [-0.25, -0.2) is 4.39 Å². The van der Waals surface area contributed by atoms with E-state index in [-0.39, 0.29) is 11.5 Å². The first kappa shape index (κ1) is 11.5. The summed E-state index contributed by atoms with van der Waals surface area (Å²) in [5.74, 6) is -0.472. The number of benzene rings is 1. The van der Waals surface area contributed by atoms with Gasteiger partial charge in [-0.2, -0.15) is 0 Å². The van der Waals surface area contributed by atoms with Crippen LogP contribution >= 0.6 is 0 Å².